The standard InChI is InChI=1S/C29H30F7NO3/c1-15(17-11-18(28(31,32)33)13-19(12-17)29(34,35)36)40-23-10-9-21-22(24(23)16-5-7-20(30)8-6-16)14-37(26(38)39)25(21)27(2,3)4/h5-8,11-13,21-25H,1,9-10,14H2,2-4H3,(H,38,39)/t21-,22-,23+,24+,25?/m1/s1. The van der Waals surface area contributed by atoms with Crippen LogP contribution in [0, 0.1) is 23.1 Å². The number of carboxylic acid groups (broad SMARTS) is 1. The Labute approximate surface area is 227 Å². The Hall–Kier alpha value is -3.24. The van der Waals surface area contributed by atoms with E-state index in [0.29, 0.717) is 30.5 Å². The highest BCUT2D eigenvalue weighted by molar-refractivity contribution is 5.66. The molecule has 11 heteroatoms. The number of rotatable bonds is 4. The normalized spacial score (nSPS) is 25.4. The lowest BCUT2D eigenvalue weighted by atomic mass is 9.64. The van der Waals surface area contributed by atoms with Gasteiger partial charge in [0.15, 0.2) is 0 Å². The van der Waals surface area contributed by atoms with Gasteiger partial charge >= 0.3 is 18.4 Å². The Bertz CT molecular complexity index is 1230. The Morgan fingerprint density at radius 3 is 1.95 bits per heavy atom. The number of benzene rings is 2. The summed E-state index contributed by atoms with van der Waals surface area (Å²) in [5.74, 6) is -1.76. The van der Waals surface area contributed by atoms with Crippen molar-refractivity contribution in [1.29, 1.82) is 0 Å². The molecule has 2 aromatic carbocycles. The predicted octanol–water partition coefficient (Wildman–Crippen LogP) is 8.44. The van der Waals surface area contributed by atoms with Crippen molar-refractivity contribution in [2.75, 3.05) is 6.54 Å². The van der Waals surface area contributed by atoms with E-state index in [0.717, 1.165) is 0 Å². The van der Waals surface area contributed by atoms with Crippen LogP contribution in [0.5, 0.6) is 0 Å². The highest BCUT2D eigenvalue weighted by atomic mass is 19.4. The maximum absolute atomic E-state index is 13.8. The average molecular weight is 574 g/mol. The Morgan fingerprint density at radius 1 is 0.925 bits per heavy atom. The van der Waals surface area contributed by atoms with E-state index in [-0.39, 0.29) is 36.2 Å². The number of nitrogens with zero attached hydrogens (tertiary/aromatic N) is 1. The predicted molar refractivity (Wildman–Crippen MR) is 134 cm³/mol. The van der Waals surface area contributed by atoms with Gasteiger partial charge in [0.1, 0.15) is 17.7 Å². The van der Waals surface area contributed by atoms with Crippen molar-refractivity contribution < 1.29 is 45.4 Å². The van der Waals surface area contributed by atoms with Crippen molar-refractivity contribution in [2.45, 2.75) is 64.0 Å². The number of amides is 1. The summed E-state index contributed by atoms with van der Waals surface area (Å²) in [5.41, 5.74) is -3.21. The first-order valence-corrected chi connectivity index (χ1v) is 12.8. The van der Waals surface area contributed by atoms with Crippen LogP contribution in [0.1, 0.15) is 61.8 Å². The molecule has 1 aliphatic carbocycles. The second kappa shape index (κ2) is 10.3. The fraction of sp³-hybridized carbons (Fsp3) is 0.483. The monoisotopic (exact) mass is 573 g/mol. The first kappa shape index (κ1) is 29.7. The Balaban J connectivity index is 1.73. The zero-order valence-electron chi connectivity index (χ0n) is 22.1. The number of hydrogen-bond acceptors (Lipinski definition) is 2. The number of alkyl halides is 6. The zero-order chi connectivity index (χ0) is 29.8. The minimum Gasteiger partial charge on any atom is -0.490 e. The fourth-order valence-electron chi connectivity index (χ4n) is 6.46. The molecule has 0 bridgehead atoms. The van der Waals surface area contributed by atoms with Crippen LogP contribution >= 0.6 is 0 Å². The summed E-state index contributed by atoms with van der Waals surface area (Å²) < 4.78 is 100. The van der Waals surface area contributed by atoms with E-state index in [1.807, 2.05) is 20.8 Å². The van der Waals surface area contributed by atoms with Gasteiger partial charge < -0.3 is 14.7 Å². The lowest BCUT2D eigenvalue weighted by molar-refractivity contribution is -0.143. The molecule has 4 rings (SSSR count). The van der Waals surface area contributed by atoms with Crippen LogP contribution in [0.3, 0.4) is 0 Å². The van der Waals surface area contributed by atoms with Crippen molar-refractivity contribution in [3.8, 4) is 0 Å². The van der Waals surface area contributed by atoms with Gasteiger partial charge in [0.25, 0.3) is 0 Å². The molecule has 0 spiro atoms. The SMILES string of the molecule is C=C(O[C@H]1CC[C@H]2C(C(C)(C)C)N(C(=O)O)C[C@H]2[C@@H]1c1ccc(F)cc1)c1cc(C(F)(F)F)cc(C(F)(F)F)c1. The molecule has 2 aliphatic rings. The molecule has 4 nitrogen and oxygen atoms in total. The van der Waals surface area contributed by atoms with Gasteiger partial charge in [-0.15, -0.1) is 0 Å². The number of likely N-dealkylation sites (tertiary alicyclic amines) is 1. The third-order valence-corrected chi connectivity index (χ3v) is 7.94. The molecule has 1 unspecified atom stereocenters. The highest BCUT2D eigenvalue weighted by Crippen LogP contribution is 2.53. The third kappa shape index (κ3) is 5.93. The van der Waals surface area contributed by atoms with Gasteiger partial charge in [0, 0.05) is 24.1 Å². The van der Waals surface area contributed by atoms with Gasteiger partial charge in [0.05, 0.1) is 11.1 Å². The van der Waals surface area contributed by atoms with E-state index in [2.05, 4.69) is 6.58 Å². The number of hydrogen-bond donors (Lipinski definition) is 1. The highest BCUT2D eigenvalue weighted by Gasteiger charge is 2.55. The molecule has 1 N–H and O–H groups in total. The summed E-state index contributed by atoms with van der Waals surface area (Å²) in [4.78, 5) is 13.6. The van der Waals surface area contributed by atoms with Crippen molar-refractivity contribution in [3.63, 3.8) is 0 Å². The van der Waals surface area contributed by atoms with Gasteiger partial charge in [-0.25, -0.2) is 9.18 Å². The summed E-state index contributed by atoms with van der Waals surface area (Å²) in [6.45, 7) is 9.65. The van der Waals surface area contributed by atoms with Gasteiger partial charge in [0.2, 0.25) is 0 Å². The molecular weight excluding hydrogens is 543 g/mol. The van der Waals surface area contributed by atoms with Gasteiger partial charge in [-0.05, 0) is 66.0 Å². The molecule has 5 atom stereocenters. The van der Waals surface area contributed by atoms with Crippen LogP contribution in [0.2, 0.25) is 0 Å². The molecule has 1 heterocycles. The molecule has 2 fully saturated rings. The van der Waals surface area contributed by atoms with E-state index in [4.69, 9.17) is 4.74 Å². The van der Waals surface area contributed by atoms with E-state index >= 15 is 0 Å². The molecule has 1 amide bonds. The lowest BCUT2D eigenvalue weighted by Gasteiger charge is -2.43. The molecular formula is C29H30F7NO3. The van der Waals surface area contributed by atoms with Gasteiger partial charge in [-0.1, -0.05) is 39.5 Å². The number of ether oxygens (including phenoxy) is 1. The maximum atomic E-state index is 13.8. The molecule has 1 saturated carbocycles. The molecule has 40 heavy (non-hydrogen) atoms. The van der Waals surface area contributed by atoms with E-state index in [1.165, 1.54) is 17.0 Å². The van der Waals surface area contributed by atoms with Crippen LogP contribution in [-0.2, 0) is 17.1 Å². The Kier molecular flexibility index (Phi) is 7.66. The van der Waals surface area contributed by atoms with Crippen LogP contribution in [0.15, 0.2) is 49.0 Å². The van der Waals surface area contributed by atoms with Crippen LogP contribution in [0.4, 0.5) is 35.5 Å². The number of halogens is 7. The first-order chi connectivity index (χ1) is 18.4. The smallest absolute Gasteiger partial charge is 0.416 e. The lowest BCUT2D eigenvalue weighted by Crippen LogP contribution is -2.46. The van der Waals surface area contributed by atoms with E-state index in [9.17, 15) is 40.6 Å². The summed E-state index contributed by atoms with van der Waals surface area (Å²) in [7, 11) is 0. The maximum Gasteiger partial charge on any atom is 0.416 e. The second-order valence-corrected chi connectivity index (χ2v) is 11.6. The quantitative estimate of drug-likeness (QED) is 0.295. The van der Waals surface area contributed by atoms with Gasteiger partial charge in [-0.2, -0.15) is 26.3 Å². The van der Waals surface area contributed by atoms with Crippen molar-refractivity contribution in [3.05, 3.63) is 77.1 Å². The molecule has 1 saturated heterocycles. The topological polar surface area (TPSA) is 49.8 Å². The van der Waals surface area contributed by atoms with Crippen molar-refractivity contribution in [1.82, 2.24) is 4.90 Å². The minimum atomic E-state index is -5.03. The fourth-order valence-corrected chi connectivity index (χ4v) is 6.46. The zero-order valence-corrected chi connectivity index (χ0v) is 22.1. The van der Waals surface area contributed by atoms with Crippen LogP contribution < -0.4 is 0 Å². The summed E-state index contributed by atoms with van der Waals surface area (Å²) >= 11 is 0. The van der Waals surface area contributed by atoms with E-state index < -0.39 is 58.4 Å². The second-order valence-electron chi connectivity index (χ2n) is 11.6. The largest absolute Gasteiger partial charge is 0.490 e. The van der Waals surface area contributed by atoms with Crippen LogP contribution in [0.25, 0.3) is 5.76 Å². The first-order valence-electron chi connectivity index (χ1n) is 12.8. The summed E-state index contributed by atoms with van der Waals surface area (Å²) in [6.07, 6.45) is -11.0. The average Bonchev–Trinajstić information content (AvgIpc) is 3.24. The molecule has 2 aromatic rings. The van der Waals surface area contributed by atoms with Crippen molar-refractivity contribution in [2.24, 2.45) is 17.3 Å². The molecule has 0 radical (unpaired) electrons. The van der Waals surface area contributed by atoms with E-state index in [1.54, 1.807) is 12.1 Å². The summed E-state index contributed by atoms with van der Waals surface area (Å²) in [6, 6.07) is 6.42. The summed E-state index contributed by atoms with van der Waals surface area (Å²) in [5, 5.41) is 9.98. The number of fused-ring (bicyclic) bond motifs is 1. The van der Waals surface area contributed by atoms with Crippen molar-refractivity contribution >= 4 is 11.9 Å². The third-order valence-electron chi connectivity index (χ3n) is 7.94. The molecule has 0 aromatic heterocycles. The minimum absolute atomic E-state index is 0.0367. The molecule has 218 valence electrons. The number of carbonyl (C=O) groups is 1. The van der Waals surface area contributed by atoms with Crippen LogP contribution in [-0.4, -0.2) is 34.8 Å². The Morgan fingerprint density at radius 2 is 1.48 bits per heavy atom. The molecule has 1 aliphatic heterocycles. The van der Waals surface area contributed by atoms with Gasteiger partial charge in [-0.3, -0.25) is 0 Å².